The smallest absolute Gasteiger partial charge is 0.338 e. The van der Waals surface area contributed by atoms with Crippen LogP contribution in [-0.4, -0.2) is 31.7 Å². The number of rotatable bonds is 6. The fourth-order valence-corrected chi connectivity index (χ4v) is 1.90. The third-order valence-electron chi connectivity index (χ3n) is 3.50. The Bertz CT molecular complexity index is 506. The molecule has 0 aliphatic carbocycles. The van der Waals surface area contributed by atoms with E-state index in [0.29, 0.717) is 31.1 Å². The number of nitrogens with one attached hydrogen (secondary N) is 1. The van der Waals surface area contributed by atoms with Gasteiger partial charge >= 0.3 is 5.97 Å². The minimum atomic E-state index is -0.447. The molecule has 21 heavy (non-hydrogen) atoms. The number of anilines is 1. The molecule has 1 amide bonds. The van der Waals surface area contributed by atoms with E-state index in [1.807, 2.05) is 13.8 Å². The molecule has 1 aromatic carbocycles. The van der Waals surface area contributed by atoms with Gasteiger partial charge in [0.2, 0.25) is 5.91 Å². The molecule has 2 rings (SSSR count). The van der Waals surface area contributed by atoms with E-state index >= 15 is 0 Å². The van der Waals surface area contributed by atoms with Crippen LogP contribution in [0.4, 0.5) is 5.69 Å². The van der Waals surface area contributed by atoms with Crippen LogP contribution >= 0.6 is 0 Å². The maximum absolute atomic E-state index is 12.0. The molecule has 1 heterocycles. The number of carbonyl (C=O) groups excluding carboxylic acids is 2. The van der Waals surface area contributed by atoms with Crippen LogP contribution in [0.5, 0.6) is 0 Å². The Morgan fingerprint density at radius 1 is 1.29 bits per heavy atom. The molecule has 0 atom stereocenters. The summed E-state index contributed by atoms with van der Waals surface area (Å²) in [6.07, 6.45) is 1.85. The second-order valence-electron chi connectivity index (χ2n) is 5.57. The maximum Gasteiger partial charge on any atom is 0.338 e. The lowest BCUT2D eigenvalue weighted by Crippen LogP contribution is -2.49. The first kappa shape index (κ1) is 15.5. The summed E-state index contributed by atoms with van der Waals surface area (Å²) >= 11 is 0. The molecule has 1 fully saturated rings. The first-order valence-corrected chi connectivity index (χ1v) is 7.21. The summed E-state index contributed by atoms with van der Waals surface area (Å²) in [5.41, 5.74) is 0.707. The number of unbranched alkanes of at least 4 members (excludes halogenated alkanes) is 1. The molecule has 0 unspecified atom stereocenters. The Balaban J connectivity index is 1.89. The zero-order valence-electron chi connectivity index (χ0n) is 12.5. The summed E-state index contributed by atoms with van der Waals surface area (Å²) in [4.78, 5) is 23.8. The second-order valence-corrected chi connectivity index (χ2v) is 5.57. The van der Waals surface area contributed by atoms with Crippen molar-refractivity contribution in [2.24, 2.45) is 5.41 Å². The lowest BCUT2D eigenvalue weighted by atomic mass is 9.87. The van der Waals surface area contributed by atoms with E-state index < -0.39 is 5.41 Å². The van der Waals surface area contributed by atoms with Crippen molar-refractivity contribution >= 4 is 17.6 Å². The van der Waals surface area contributed by atoms with Crippen LogP contribution in [0, 0.1) is 5.41 Å². The average molecular weight is 291 g/mol. The third-order valence-corrected chi connectivity index (χ3v) is 3.50. The Morgan fingerprint density at radius 3 is 2.48 bits per heavy atom. The van der Waals surface area contributed by atoms with Crippen molar-refractivity contribution in [3.63, 3.8) is 0 Å². The van der Waals surface area contributed by atoms with Gasteiger partial charge in [-0.2, -0.15) is 0 Å². The normalized spacial score (nSPS) is 15.9. The van der Waals surface area contributed by atoms with Crippen LogP contribution in [0.25, 0.3) is 0 Å². The molecule has 1 aliphatic rings. The number of hydrogen-bond donors (Lipinski definition) is 1. The maximum atomic E-state index is 12.0. The summed E-state index contributed by atoms with van der Waals surface area (Å²) in [5.74, 6) is -0.396. The fraction of sp³-hybridized carbons (Fsp3) is 0.500. The molecule has 1 N–H and O–H groups in total. The molecular weight excluding hydrogens is 270 g/mol. The van der Waals surface area contributed by atoms with Crippen molar-refractivity contribution in [2.75, 3.05) is 25.1 Å². The van der Waals surface area contributed by atoms with Crippen molar-refractivity contribution in [1.82, 2.24) is 0 Å². The van der Waals surface area contributed by atoms with E-state index in [-0.39, 0.29) is 11.9 Å². The van der Waals surface area contributed by atoms with Gasteiger partial charge in [-0.15, -0.1) is 0 Å². The molecule has 0 radical (unpaired) electrons. The predicted octanol–water partition coefficient (Wildman–Crippen LogP) is 2.62. The highest BCUT2D eigenvalue weighted by Crippen LogP contribution is 2.28. The Labute approximate surface area is 124 Å². The van der Waals surface area contributed by atoms with Crippen molar-refractivity contribution in [3.05, 3.63) is 29.8 Å². The van der Waals surface area contributed by atoms with Gasteiger partial charge in [-0.1, -0.05) is 13.3 Å². The summed E-state index contributed by atoms with van der Waals surface area (Å²) < 4.78 is 10.2. The van der Waals surface area contributed by atoms with Gasteiger partial charge in [0, 0.05) is 5.69 Å². The van der Waals surface area contributed by atoms with E-state index in [4.69, 9.17) is 9.47 Å². The van der Waals surface area contributed by atoms with Crippen LogP contribution in [0.3, 0.4) is 0 Å². The van der Waals surface area contributed by atoms with Gasteiger partial charge in [0.05, 0.1) is 30.8 Å². The predicted molar refractivity (Wildman–Crippen MR) is 79.2 cm³/mol. The molecule has 0 aromatic heterocycles. The first-order chi connectivity index (χ1) is 10.0. The monoisotopic (exact) mass is 291 g/mol. The lowest BCUT2D eigenvalue weighted by Gasteiger charge is -2.36. The van der Waals surface area contributed by atoms with E-state index in [1.54, 1.807) is 24.3 Å². The number of esters is 1. The van der Waals surface area contributed by atoms with Crippen LogP contribution in [0.2, 0.25) is 0 Å². The summed E-state index contributed by atoms with van der Waals surface area (Å²) in [6, 6.07) is 6.72. The number of benzene rings is 1. The minimum Gasteiger partial charge on any atom is -0.462 e. The Hall–Kier alpha value is -1.88. The van der Waals surface area contributed by atoms with Crippen molar-refractivity contribution in [1.29, 1.82) is 0 Å². The second kappa shape index (κ2) is 6.72. The molecule has 0 saturated carbocycles. The van der Waals surface area contributed by atoms with Crippen molar-refractivity contribution < 1.29 is 19.1 Å². The first-order valence-electron chi connectivity index (χ1n) is 7.21. The highest BCUT2D eigenvalue weighted by Gasteiger charge is 2.41. The van der Waals surface area contributed by atoms with Crippen LogP contribution in [0.15, 0.2) is 24.3 Å². The average Bonchev–Trinajstić information content (AvgIpc) is 2.45. The van der Waals surface area contributed by atoms with Crippen molar-refractivity contribution in [3.8, 4) is 0 Å². The highest BCUT2D eigenvalue weighted by atomic mass is 16.5. The zero-order chi connectivity index (χ0) is 15.3. The molecule has 114 valence electrons. The van der Waals surface area contributed by atoms with Crippen molar-refractivity contribution in [2.45, 2.75) is 26.7 Å². The minimum absolute atomic E-state index is 0.0629. The number of carbonyl (C=O) groups is 2. The number of amides is 1. The lowest BCUT2D eigenvalue weighted by molar-refractivity contribution is -0.151. The summed E-state index contributed by atoms with van der Waals surface area (Å²) in [5, 5.41) is 2.83. The molecule has 0 spiro atoms. The summed E-state index contributed by atoms with van der Waals surface area (Å²) in [7, 11) is 0. The van der Waals surface area contributed by atoms with Gasteiger partial charge in [-0.05, 0) is 37.6 Å². The highest BCUT2D eigenvalue weighted by molar-refractivity contribution is 5.96. The van der Waals surface area contributed by atoms with Gasteiger partial charge in [-0.3, -0.25) is 4.79 Å². The standard InChI is InChI=1S/C16H21NO4/c1-3-4-9-21-14(18)12-5-7-13(8-6-12)17-15(19)16(2)10-20-11-16/h5-8H,3-4,9-11H2,1-2H3,(H,17,19). The third kappa shape index (κ3) is 3.82. The van der Waals surface area contributed by atoms with Gasteiger partial charge in [0.25, 0.3) is 0 Å². The Morgan fingerprint density at radius 2 is 1.95 bits per heavy atom. The van der Waals surface area contributed by atoms with Gasteiger partial charge in [0.1, 0.15) is 0 Å². The van der Waals surface area contributed by atoms with Crippen LogP contribution < -0.4 is 5.32 Å². The quantitative estimate of drug-likeness (QED) is 0.646. The molecule has 1 aromatic rings. The largest absolute Gasteiger partial charge is 0.462 e. The van der Waals surface area contributed by atoms with Crippen LogP contribution in [0.1, 0.15) is 37.0 Å². The van der Waals surface area contributed by atoms with Gasteiger partial charge in [-0.25, -0.2) is 4.79 Å². The van der Waals surface area contributed by atoms with Crippen LogP contribution in [-0.2, 0) is 14.3 Å². The van der Waals surface area contributed by atoms with E-state index in [1.165, 1.54) is 0 Å². The zero-order valence-corrected chi connectivity index (χ0v) is 12.5. The molecular formula is C16H21NO4. The Kier molecular flexibility index (Phi) is 4.96. The SMILES string of the molecule is CCCCOC(=O)c1ccc(NC(=O)C2(C)COC2)cc1. The van der Waals surface area contributed by atoms with E-state index in [2.05, 4.69) is 5.32 Å². The molecule has 5 nitrogen and oxygen atoms in total. The number of hydrogen-bond acceptors (Lipinski definition) is 4. The molecule has 1 aliphatic heterocycles. The van der Waals surface area contributed by atoms with Gasteiger partial charge < -0.3 is 14.8 Å². The summed E-state index contributed by atoms with van der Waals surface area (Å²) in [6.45, 7) is 5.23. The molecule has 5 heteroatoms. The van der Waals surface area contributed by atoms with E-state index in [0.717, 1.165) is 12.8 Å². The van der Waals surface area contributed by atoms with Gasteiger partial charge in [0.15, 0.2) is 0 Å². The topological polar surface area (TPSA) is 64.6 Å². The molecule has 1 saturated heterocycles. The number of ether oxygens (including phenoxy) is 2. The fourth-order valence-electron chi connectivity index (χ4n) is 1.90. The van der Waals surface area contributed by atoms with E-state index in [9.17, 15) is 9.59 Å². The molecule has 0 bridgehead atoms.